The number of anilines is 1. The number of piperidine rings is 1. The van der Waals surface area contributed by atoms with Gasteiger partial charge in [-0.1, -0.05) is 28.1 Å². The number of hydrogen-bond donors (Lipinski definition) is 1. The van der Waals surface area contributed by atoms with Crippen molar-refractivity contribution in [3.8, 4) is 0 Å². The molecule has 1 saturated heterocycles. The van der Waals surface area contributed by atoms with Gasteiger partial charge in [-0.2, -0.15) is 4.31 Å². The lowest BCUT2D eigenvalue weighted by Crippen LogP contribution is -2.43. The van der Waals surface area contributed by atoms with Crippen LogP contribution in [0.3, 0.4) is 0 Å². The molecule has 1 aliphatic heterocycles. The molecule has 6 nitrogen and oxygen atoms in total. The van der Waals surface area contributed by atoms with Gasteiger partial charge in [-0.05, 0) is 56.2 Å². The van der Waals surface area contributed by atoms with E-state index < -0.39 is 15.9 Å². The Morgan fingerprint density at radius 1 is 1.14 bits per heavy atom. The zero-order chi connectivity index (χ0) is 20.3. The van der Waals surface area contributed by atoms with Crippen molar-refractivity contribution in [2.75, 3.05) is 18.4 Å². The molecule has 1 aliphatic rings. The Morgan fingerprint density at radius 3 is 2.54 bits per heavy atom. The minimum absolute atomic E-state index is 0.0828. The number of amides is 1. The van der Waals surface area contributed by atoms with E-state index in [2.05, 4.69) is 21.2 Å². The van der Waals surface area contributed by atoms with Crippen molar-refractivity contribution in [2.45, 2.75) is 24.7 Å². The van der Waals surface area contributed by atoms with Crippen LogP contribution in [0, 0.1) is 5.92 Å². The van der Waals surface area contributed by atoms with E-state index in [1.165, 1.54) is 11.2 Å². The molecule has 28 heavy (non-hydrogen) atoms. The molecule has 2 aromatic rings. The highest BCUT2D eigenvalue weighted by Crippen LogP contribution is 2.26. The van der Waals surface area contributed by atoms with Crippen molar-refractivity contribution in [1.82, 2.24) is 4.31 Å². The molecular weight excluding hydrogens is 444 g/mol. The SMILES string of the molecule is CC(=O)c1cccc(NC(=O)C2CCCN(S(=O)(=O)c3ccc(Br)cc3)C2)c1. The van der Waals surface area contributed by atoms with Crippen LogP contribution in [0.2, 0.25) is 0 Å². The molecule has 8 heteroatoms. The Kier molecular flexibility index (Phi) is 6.32. The fourth-order valence-corrected chi connectivity index (χ4v) is 4.98. The maximum atomic E-state index is 12.9. The summed E-state index contributed by atoms with van der Waals surface area (Å²) in [6, 6.07) is 13.2. The molecule has 0 aromatic heterocycles. The number of ketones is 1. The predicted octanol–water partition coefficient (Wildman–Crippen LogP) is 3.69. The first kappa shape index (κ1) is 20.7. The van der Waals surface area contributed by atoms with E-state index in [1.807, 2.05) is 0 Å². The van der Waals surface area contributed by atoms with Crippen LogP contribution < -0.4 is 5.32 Å². The third-order valence-corrected chi connectivity index (χ3v) is 7.15. The van der Waals surface area contributed by atoms with Crippen molar-refractivity contribution >= 4 is 43.3 Å². The molecule has 0 spiro atoms. The highest BCUT2D eigenvalue weighted by Gasteiger charge is 2.33. The van der Waals surface area contributed by atoms with Crippen LogP contribution in [0.5, 0.6) is 0 Å². The number of nitrogens with one attached hydrogen (secondary N) is 1. The van der Waals surface area contributed by atoms with Crippen molar-refractivity contribution in [3.05, 3.63) is 58.6 Å². The summed E-state index contributed by atoms with van der Waals surface area (Å²) in [6.45, 7) is 1.99. The lowest BCUT2D eigenvalue weighted by atomic mass is 9.98. The largest absolute Gasteiger partial charge is 0.326 e. The molecule has 0 saturated carbocycles. The molecule has 1 atom stereocenters. The number of carbonyl (C=O) groups excluding carboxylic acids is 2. The van der Waals surface area contributed by atoms with Gasteiger partial charge in [0.15, 0.2) is 5.78 Å². The Bertz CT molecular complexity index is 990. The monoisotopic (exact) mass is 464 g/mol. The molecule has 0 aliphatic carbocycles. The minimum atomic E-state index is -3.65. The third kappa shape index (κ3) is 4.68. The Labute approximate surface area is 173 Å². The first-order valence-corrected chi connectivity index (χ1v) is 11.2. The lowest BCUT2D eigenvalue weighted by Gasteiger charge is -2.31. The number of nitrogens with zero attached hydrogens (tertiary/aromatic N) is 1. The second kappa shape index (κ2) is 8.55. The topological polar surface area (TPSA) is 83.6 Å². The highest BCUT2D eigenvalue weighted by molar-refractivity contribution is 9.10. The normalized spacial score (nSPS) is 17.9. The Morgan fingerprint density at radius 2 is 1.86 bits per heavy atom. The molecule has 0 radical (unpaired) electrons. The van der Waals surface area contributed by atoms with Crippen LogP contribution >= 0.6 is 15.9 Å². The second-order valence-corrected chi connectivity index (χ2v) is 9.64. The van der Waals surface area contributed by atoms with Gasteiger partial charge in [0.25, 0.3) is 0 Å². The van der Waals surface area contributed by atoms with Crippen molar-refractivity contribution < 1.29 is 18.0 Å². The summed E-state index contributed by atoms with van der Waals surface area (Å²) in [4.78, 5) is 24.4. The molecule has 2 aromatic carbocycles. The lowest BCUT2D eigenvalue weighted by molar-refractivity contribution is -0.120. The van der Waals surface area contributed by atoms with Crippen molar-refractivity contribution in [1.29, 1.82) is 0 Å². The van der Waals surface area contributed by atoms with Gasteiger partial charge in [-0.15, -0.1) is 0 Å². The molecular formula is C20H21BrN2O4S. The number of halogens is 1. The summed E-state index contributed by atoms with van der Waals surface area (Å²) in [6.07, 6.45) is 1.23. The van der Waals surface area contributed by atoms with Gasteiger partial charge in [-0.25, -0.2) is 8.42 Å². The first-order valence-electron chi connectivity index (χ1n) is 8.95. The van der Waals surface area contributed by atoms with E-state index in [0.717, 1.165) is 4.47 Å². The average Bonchev–Trinajstić information content (AvgIpc) is 2.68. The van der Waals surface area contributed by atoms with Gasteiger partial charge in [0.2, 0.25) is 15.9 Å². The smallest absolute Gasteiger partial charge is 0.243 e. The van der Waals surface area contributed by atoms with Crippen LogP contribution in [-0.2, 0) is 14.8 Å². The van der Waals surface area contributed by atoms with Gasteiger partial charge in [0.1, 0.15) is 0 Å². The maximum absolute atomic E-state index is 12.9. The number of hydrogen-bond acceptors (Lipinski definition) is 4. The molecule has 3 rings (SSSR count). The average molecular weight is 465 g/mol. The zero-order valence-electron chi connectivity index (χ0n) is 15.4. The van der Waals surface area contributed by atoms with Gasteiger partial charge in [0.05, 0.1) is 10.8 Å². The van der Waals surface area contributed by atoms with E-state index in [0.29, 0.717) is 30.6 Å². The number of Topliss-reactive ketones (excluding diaryl/α,β-unsaturated/α-hetero) is 1. The minimum Gasteiger partial charge on any atom is -0.326 e. The molecule has 1 amide bonds. The number of sulfonamides is 1. The molecule has 148 valence electrons. The molecule has 1 heterocycles. The van der Waals surface area contributed by atoms with Gasteiger partial charge in [-0.3, -0.25) is 9.59 Å². The number of rotatable bonds is 5. The Balaban J connectivity index is 1.72. The molecule has 1 unspecified atom stereocenters. The summed E-state index contributed by atoms with van der Waals surface area (Å²) in [5, 5.41) is 2.81. The van der Waals surface area contributed by atoms with Gasteiger partial charge >= 0.3 is 0 Å². The quantitative estimate of drug-likeness (QED) is 0.683. The highest BCUT2D eigenvalue weighted by atomic mass is 79.9. The summed E-state index contributed by atoms with van der Waals surface area (Å²) >= 11 is 3.30. The fourth-order valence-electron chi connectivity index (χ4n) is 3.19. The molecule has 0 bridgehead atoms. The van der Waals surface area contributed by atoms with Gasteiger partial charge in [0, 0.05) is 28.8 Å². The van der Waals surface area contributed by atoms with Crippen molar-refractivity contribution in [2.24, 2.45) is 5.92 Å². The van der Waals surface area contributed by atoms with E-state index in [9.17, 15) is 18.0 Å². The van der Waals surface area contributed by atoms with E-state index >= 15 is 0 Å². The van der Waals surface area contributed by atoms with Crippen LogP contribution in [0.25, 0.3) is 0 Å². The number of benzene rings is 2. The summed E-state index contributed by atoms with van der Waals surface area (Å²) < 4.78 is 27.9. The van der Waals surface area contributed by atoms with Crippen LogP contribution in [0.1, 0.15) is 30.1 Å². The van der Waals surface area contributed by atoms with Crippen LogP contribution in [0.15, 0.2) is 57.9 Å². The maximum Gasteiger partial charge on any atom is 0.243 e. The van der Waals surface area contributed by atoms with E-state index in [4.69, 9.17) is 0 Å². The Hall–Kier alpha value is -2.03. The summed E-state index contributed by atoms with van der Waals surface area (Å²) in [5.74, 6) is -0.767. The molecule has 1 fully saturated rings. The molecule has 1 N–H and O–H groups in total. The third-order valence-electron chi connectivity index (χ3n) is 4.74. The first-order chi connectivity index (χ1) is 13.3. The van der Waals surface area contributed by atoms with Crippen molar-refractivity contribution in [3.63, 3.8) is 0 Å². The van der Waals surface area contributed by atoms with Crippen LogP contribution in [0.4, 0.5) is 5.69 Å². The summed E-state index contributed by atoms with van der Waals surface area (Å²) in [5.41, 5.74) is 1.05. The van der Waals surface area contributed by atoms with E-state index in [1.54, 1.807) is 48.5 Å². The van der Waals surface area contributed by atoms with E-state index in [-0.39, 0.29) is 23.1 Å². The predicted molar refractivity (Wildman–Crippen MR) is 111 cm³/mol. The number of carbonyl (C=O) groups is 2. The van der Waals surface area contributed by atoms with Crippen LogP contribution in [-0.4, -0.2) is 37.5 Å². The zero-order valence-corrected chi connectivity index (χ0v) is 17.8. The summed E-state index contributed by atoms with van der Waals surface area (Å²) in [7, 11) is -3.65. The fraction of sp³-hybridized carbons (Fsp3) is 0.300. The standard InChI is InChI=1S/C20H21BrN2O4S/c1-14(24)15-4-2-6-18(12-15)22-20(25)16-5-3-11-23(13-16)28(26,27)19-9-7-17(21)8-10-19/h2,4,6-10,12,16H,3,5,11,13H2,1H3,(H,22,25). The van der Waals surface area contributed by atoms with Gasteiger partial charge < -0.3 is 5.32 Å². The second-order valence-electron chi connectivity index (χ2n) is 6.78.